The van der Waals surface area contributed by atoms with E-state index in [9.17, 15) is 9.90 Å². The first-order valence-electron chi connectivity index (χ1n) is 9.34. The van der Waals surface area contributed by atoms with Crippen molar-refractivity contribution in [2.45, 2.75) is 38.8 Å². The lowest BCUT2D eigenvalue weighted by Gasteiger charge is -2.35. The van der Waals surface area contributed by atoms with Gasteiger partial charge in [0.1, 0.15) is 0 Å². The normalized spacial score (nSPS) is 18.2. The summed E-state index contributed by atoms with van der Waals surface area (Å²) >= 11 is 0. The van der Waals surface area contributed by atoms with Crippen LogP contribution in [0.3, 0.4) is 0 Å². The van der Waals surface area contributed by atoms with E-state index in [4.69, 9.17) is 5.73 Å². The zero-order valence-electron chi connectivity index (χ0n) is 16.2. The molecule has 5 nitrogen and oxygen atoms in total. The van der Waals surface area contributed by atoms with Gasteiger partial charge in [-0.3, -0.25) is 4.79 Å². The predicted molar refractivity (Wildman–Crippen MR) is 108 cm³/mol. The van der Waals surface area contributed by atoms with Gasteiger partial charge >= 0.3 is 0 Å². The van der Waals surface area contributed by atoms with Crippen molar-refractivity contribution in [3.05, 3.63) is 35.9 Å². The predicted octanol–water partition coefficient (Wildman–Crippen LogP) is 2.30. The number of amides is 1. The number of halogens is 1. The van der Waals surface area contributed by atoms with Crippen LogP contribution < -0.4 is 5.73 Å². The van der Waals surface area contributed by atoms with Crippen LogP contribution in [0, 0.1) is 11.8 Å². The number of benzene rings is 1. The second-order valence-electron chi connectivity index (χ2n) is 7.66. The smallest absolute Gasteiger partial charge is 0.239 e. The van der Waals surface area contributed by atoms with Gasteiger partial charge in [0, 0.05) is 20.1 Å². The molecule has 148 valence electrons. The van der Waals surface area contributed by atoms with Crippen molar-refractivity contribution >= 4 is 18.3 Å². The number of carbonyl (C=O) groups is 1. The number of rotatable bonds is 7. The molecule has 1 heterocycles. The minimum absolute atomic E-state index is 0. The summed E-state index contributed by atoms with van der Waals surface area (Å²) < 4.78 is 0. The number of hydrogen-bond acceptors (Lipinski definition) is 4. The summed E-state index contributed by atoms with van der Waals surface area (Å²) in [5, 5.41) is 10.4. The molecule has 1 aliphatic heterocycles. The van der Waals surface area contributed by atoms with Crippen molar-refractivity contribution in [2.24, 2.45) is 17.6 Å². The summed E-state index contributed by atoms with van der Waals surface area (Å²) in [6.45, 7) is 7.33. The maximum absolute atomic E-state index is 12.3. The molecule has 1 aromatic rings. The van der Waals surface area contributed by atoms with E-state index in [1.807, 2.05) is 51.2 Å². The largest absolute Gasteiger partial charge is 0.387 e. The first-order valence-corrected chi connectivity index (χ1v) is 9.34. The lowest BCUT2D eigenvalue weighted by atomic mass is 9.95. The molecule has 0 radical (unpaired) electrons. The number of piperidine rings is 1. The Balaban J connectivity index is 0.00000338. The summed E-state index contributed by atoms with van der Waals surface area (Å²) in [4.78, 5) is 16.4. The molecule has 3 N–H and O–H groups in total. The Bertz CT molecular complexity index is 533. The molecule has 0 aliphatic carbocycles. The average molecular weight is 384 g/mol. The lowest BCUT2D eigenvalue weighted by Crippen LogP contribution is -2.47. The SMILES string of the molecule is CC(C)[C@H](N)C(=O)N(C)CC1CCN(CC(O)c2ccccc2)CC1.Cl. The Kier molecular flexibility index (Phi) is 9.58. The third-order valence-electron chi connectivity index (χ3n) is 5.23. The van der Waals surface area contributed by atoms with Crippen molar-refractivity contribution in [3.8, 4) is 0 Å². The molecular weight excluding hydrogens is 350 g/mol. The molecule has 1 aliphatic rings. The van der Waals surface area contributed by atoms with Crippen LogP contribution in [-0.2, 0) is 4.79 Å². The van der Waals surface area contributed by atoms with Crippen LogP contribution in [0.15, 0.2) is 30.3 Å². The van der Waals surface area contributed by atoms with Crippen molar-refractivity contribution < 1.29 is 9.90 Å². The standard InChI is InChI=1S/C20H33N3O2.ClH/c1-15(2)19(21)20(25)22(3)13-16-9-11-23(12-10-16)14-18(24)17-7-5-4-6-8-17;/h4-8,15-16,18-19,24H,9-14,21H2,1-3H3;1H/t18?,19-;/m0./s1. The van der Waals surface area contributed by atoms with E-state index >= 15 is 0 Å². The van der Waals surface area contributed by atoms with E-state index in [1.54, 1.807) is 4.90 Å². The molecule has 1 unspecified atom stereocenters. The minimum atomic E-state index is -0.439. The van der Waals surface area contributed by atoms with Crippen molar-refractivity contribution in [1.29, 1.82) is 0 Å². The van der Waals surface area contributed by atoms with Gasteiger partial charge in [-0.05, 0) is 43.3 Å². The van der Waals surface area contributed by atoms with E-state index < -0.39 is 12.1 Å². The van der Waals surface area contributed by atoms with Crippen LogP contribution in [0.2, 0.25) is 0 Å². The maximum atomic E-state index is 12.3. The van der Waals surface area contributed by atoms with Crippen LogP contribution in [0.25, 0.3) is 0 Å². The number of nitrogens with two attached hydrogens (primary N) is 1. The zero-order chi connectivity index (χ0) is 18.4. The molecular formula is C20H34ClN3O2. The van der Waals surface area contributed by atoms with Gasteiger partial charge in [-0.25, -0.2) is 0 Å². The highest BCUT2D eigenvalue weighted by molar-refractivity contribution is 5.85. The molecule has 26 heavy (non-hydrogen) atoms. The monoisotopic (exact) mass is 383 g/mol. The number of nitrogens with zero attached hydrogens (tertiary/aromatic N) is 2. The molecule has 2 rings (SSSR count). The van der Waals surface area contributed by atoms with E-state index in [1.165, 1.54) is 0 Å². The zero-order valence-corrected chi connectivity index (χ0v) is 17.0. The van der Waals surface area contributed by atoms with Crippen molar-refractivity contribution in [2.75, 3.05) is 33.2 Å². The first-order chi connectivity index (χ1) is 11.9. The van der Waals surface area contributed by atoms with Crippen molar-refractivity contribution in [1.82, 2.24) is 9.80 Å². The average Bonchev–Trinajstić information content (AvgIpc) is 2.62. The number of hydrogen-bond donors (Lipinski definition) is 2. The van der Waals surface area contributed by atoms with Gasteiger partial charge in [0.05, 0.1) is 12.1 Å². The van der Waals surface area contributed by atoms with Crippen LogP contribution in [0.1, 0.15) is 38.4 Å². The second-order valence-corrected chi connectivity index (χ2v) is 7.66. The van der Waals surface area contributed by atoms with Gasteiger partial charge in [0.15, 0.2) is 0 Å². The first kappa shape index (κ1) is 22.9. The Morgan fingerprint density at radius 2 is 1.85 bits per heavy atom. The Morgan fingerprint density at radius 3 is 2.38 bits per heavy atom. The highest BCUT2D eigenvalue weighted by Crippen LogP contribution is 2.21. The van der Waals surface area contributed by atoms with Gasteiger partial charge in [0.25, 0.3) is 0 Å². The van der Waals surface area contributed by atoms with Gasteiger partial charge in [-0.1, -0.05) is 44.2 Å². The van der Waals surface area contributed by atoms with Gasteiger partial charge in [-0.15, -0.1) is 12.4 Å². The molecule has 0 saturated carbocycles. The topological polar surface area (TPSA) is 69.8 Å². The number of aliphatic hydroxyl groups excluding tert-OH is 1. The number of aliphatic hydroxyl groups is 1. The third-order valence-corrected chi connectivity index (χ3v) is 5.23. The quantitative estimate of drug-likeness (QED) is 0.757. The molecule has 1 amide bonds. The van der Waals surface area contributed by atoms with Crippen molar-refractivity contribution in [3.63, 3.8) is 0 Å². The van der Waals surface area contributed by atoms with E-state index in [2.05, 4.69) is 4.90 Å². The Hall–Kier alpha value is -1.14. The summed E-state index contributed by atoms with van der Waals surface area (Å²) in [6.07, 6.45) is 1.66. The molecule has 0 aromatic heterocycles. The number of likely N-dealkylation sites (tertiary alicyclic amines) is 1. The fourth-order valence-corrected chi connectivity index (χ4v) is 3.39. The lowest BCUT2D eigenvalue weighted by molar-refractivity contribution is -0.133. The van der Waals surface area contributed by atoms with Gasteiger partial charge in [0.2, 0.25) is 5.91 Å². The summed E-state index contributed by atoms with van der Waals surface area (Å²) in [5.74, 6) is 0.714. The highest BCUT2D eigenvalue weighted by atomic mass is 35.5. The van der Waals surface area contributed by atoms with E-state index in [0.717, 1.165) is 38.0 Å². The fraction of sp³-hybridized carbons (Fsp3) is 0.650. The van der Waals surface area contributed by atoms with Gasteiger partial charge in [-0.2, -0.15) is 0 Å². The molecule has 1 fully saturated rings. The molecule has 6 heteroatoms. The van der Waals surface area contributed by atoms with E-state index in [-0.39, 0.29) is 24.2 Å². The summed E-state index contributed by atoms with van der Waals surface area (Å²) in [5.41, 5.74) is 6.94. The van der Waals surface area contributed by atoms with Crippen LogP contribution in [-0.4, -0.2) is 60.1 Å². The Labute approximate surface area is 164 Å². The molecule has 0 bridgehead atoms. The second kappa shape index (κ2) is 10.9. The van der Waals surface area contributed by atoms with Crippen LogP contribution in [0.4, 0.5) is 0 Å². The molecule has 1 aromatic carbocycles. The summed E-state index contributed by atoms with van der Waals surface area (Å²) in [7, 11) is 1.86. The van der Waals surface area contributed by atoms with Crippen LogP contribution >= 0.6 is 12.4 Å². The number of likely N-dealkylation sites (N-methyl/N-ethyl adjacent to an activating group) is 1. The number of carbonyl (C=O) groups excluding carboxylic acids is 1. The third kappa shape index (κ3) is 6.54. The fourth-order valence-electron chi connectivity index (χ4n) is 3.39. The maximum Gasteiger partial charge on any atom is 0.239 e. The van der Waals surface area contributed by atoms with E-state index in [0.29, 0.717) is 12.5 Å². The highest BCUT2D eigenvalue weighted by Gasteiger charge is 2.26. The molecule has 0 spiro atoms. The molecule has 2 atom stereocenters. The minimum Gasteiger partial charge on any atom is -0.387 e. The molecule has 1 saturated heterocycles. The number of β-amino-alcohol motifs (C(OH)–C–C–N with tert-alkyl or cyclic N) is 1. The van der Waals surface area contributed by atoms with Crippen LogP contribution in [0.5, 0.6) is 0 Å². The Morgan fingerprint density at radius 1 is 1.27 bits per heavy atom. The van der Waals surface area contributed by atoms with Gasteiger partial charge < -0.3 is 20.6 Å². The summed E-state index contributed by atoms with van der Waals surface area (Å²) in [6, 6.07) is 9.40.